The van der Waals surface area contributed by atoms with Gasteiger partial charge in [0.05, 0.1) is 5.02 Å². The van der Waals surface area contributed by atoms with E-state index in [2.05, 4.69) is 10.6 Å². The zero-order valence-electron chi connectivity index (χ0n) is 10.6. The number of rotatable bonds is 2. The van der Waals surface area contributed by atoms with E-state index in [9.17, 15) is 9.59 Å². The van der Waals surface area contributed by atoms with E-state index in [-0.39, 0.29) is 17.9 Å². The number of carbonyl (C=O) groups is 2. The van der Waals surface area contributed by atoms with E-state index in [0.717, 1.165) is 10.1 Å². The molecule has 1 saturated heterocycles. The zero-order valence-corrected chi connectivity index (χ0v) is 12.2. The molecule has 0 bridgehead atoms. The molecule has 1 aromatic carbocycles. The standard InChI is InChI=1S/C14H13ClN2O2S/c15-12-9-3-1-2-4-10(9)20-13(12)14(19)17-8-5-6-11(18)16-7-8/h1-4,8H,5-7H2,(H,16,18)(H,17,19). The Labute approximate surface area is 125 Å². The van der Waals surface area contributed by atoms with Gasteiger partial charge in [-0.05, 0) is 12.5 Å². The second kappa shape index (κ2) is 5.42. The third-order valence-electron chi connectivity index (χ3n) is 3.34. The molecule has 20 heavy (non-hydrogen) atoms. The zero-order chi connectivity index (χ0) is 14.1. The molecular weight excluding hydrogens is 296 g/mol. The van der Waals surface area contributed by atoms with Crippen molar-refractivity contribution in [2.24, 2.45) is 0 Å². The predicted octanol–water partition coefficient (Wildman–Crippen LogP) is 2.56. The maximum absolute atomic E-state index is 12.3. The summed E-state index contributed by atoms with van der Waals surface area (Å²) in [6, 6.07) is 7.66. The molecule has 4 nitrogen and oxygen atoms in total. The van der Waals surface area contributed by atoms with Crippen LogP contribution in [0.2, 0.25) is 5.02 Å². The van der Waals surface area contributed by atoms with Gasteiger partial charge in [0.2, 0.25) is 5.91 Å². The highest BCUT2D eigenvalue weighted by atomic mass is 35.5. The summed E-state index contributed by atoms with van der Waals surface area (Å²) in [5.41, 5.74) is 0. The second-order valence-corrected chi connectivity index (χ2v) is 6.18. The van der Waals surface area contributed by atoms with E-state index in [1.54, 1.807) is 0 Å². The first-order valence-electron chi connectivity index (χ1n) is 6.40. The Balaban J connectivity index is 1.79. The number of fused-ring (bicyclic) bond motifs is 1. The number of halogens is 1. The van der Waals surface area contributed by atoms with Crippen LogP contribution in [0.1, 0.15) is 22.5 Å². The van der Waals surface area contributed by atoms with Gasteiger partial charge in [-0.3, -0.25) is 9.59 Å². The molecule has 1 aromatic heterocycles. The van der Waals surface area contributed by atoms with E-state index in [4.69, 9.17) is 11.6 Å². The molecular formula is C14H13ClN2O2S. The van der Waals surface area contributed by atoms with Crippen molar-refractivity contribution in [2.45, 2.75) is 18.9 Å². The Kier molecular flexibility index (Phi) is 3.63. The highest BCUT2D eigenvalue weighted by Gasteiger charge is 2.23. The van der Waals surface area contributed by atoms with Crippen LogP contribution >= 0.6 is 22.9 Å². The van der Waals surface area contributed by atoms with Crippen molar-refractivity contribution in [3.05, 3.63) is 34.2 Å². The molecule has 0 radical (unpaired) electrons. The number of nitrogens with one attached hydrogen (secondary N) is 2. The average molecular weight is 309 g/mol. The van der Waals surface area contributed by atoms with Crippen molar-refractivity contribution in [3.8, 4) is 0 Å². The maximum Gasteiger partial charge on any atom is 0.263 e. The summed E-state index contributed by atoms with van der Waals surface area (Å²) in [6.07, 6.45) is 1.12. The van der Waals surface area contributed by atoms with Crippen LogP contribution < -0.4 is 10.6 Å². The third-order valence-corrected chi connectivity index (χ3v) is 5.02. The number of piperidine rings is 1. The minimum Gasteiger partial charge on any atom is -0.354 e. The Morgan fingerprint density at radius 2 is 2.20 bits per heavy atom. The van der Waals surface area contributed by atoms with Gasteiger partial charge in [-0.25, -0.2) is 0 Å². The van der Waals surface area contributed by atoms with Crippen molar-refractivity contribution in [1.82, 2.24) is 10.6 Å². The van der Waals surface area contributed by atoms with Crippen LogP contribution in [0, 0.1) is 0 Å². The topological polar surface area (TPSA) is 58.2 Å². The first kappa shape index (κ1) is 13.4. The van der Waals surface area contributed by atoms with Crippen LogP contribution in [-0.4, -0.2) is 24.4 Å². The van der Waals surface area contributed by atoms with Crippen molar-refractivity contribution in [3.63, 3.8) is 0 Å². The quantitative estimate of drug-likeness (QED) is 0.896. The maximum atomic E-state index is 12.3. The van der Waals surface area contributed by atoms with Gasteiger partial charge in [0, 0.05) is 29.1 Å². The van der Waals surface area contributed by atoms with Crippen molar-refractivity contribution >= 4 is 44.8 Å². The Bertz CT molecular complexity index is 673. The summed E-state index contributed by atoms with van der Waals surface area (Å²) in [6.45, 7) is 0.479. The van der Waals surface area contributed by atoms with Gasteiger partial charge in [0.1, 0.15) is 4.88 Å². The van der Waals surface area contributed by atoms with Crippen LogP contribution in [0.25, 0.3) is 10.1 Å². The fourth-order valence-electron chi connectivity index (χ4n) is 2.27. The van der Waals surface area contributed by atoms with Crippen LogP contribution in [0.4, 0.5) is 0 Å². The lowest BCUT2D eigenvalue weighted by Crippen LogP contribution is -2.47. The smallest absolute Gasteiger partial charge is 0.263 e. The molecule has 1 unspecified atom stereocenters. The van der Waals surface area contributed by atoms with Crippen molar-refractivity contribution in [1.29, 1.82) is 0 Å². The van der Waals surface area contributed by atoms with Crippen LogP contribution in [0.5, 0.6) is 0 Å². The molecule has 0 aliphatic carbocycles. The van der Waals surface area contributed by atoms with Gasteiger partial charge in [-0.2, -0.15) is 0 Å². The van der Waals surface area contributed by atoms with Gasteiger partial charge in [0.15, 0.2) is 0 Å². The summed E-state index contributed by atoms with van der Waals surface area (Å²) in [5.74, 6) is -0.132. The fourth-order valence-corrected chi connectivity index (χ4v) is 3.69. The molecule has 1 fully saturated rings. The molecule has 2 aromatic rings. The lowest BCUT2D eigenvalue weighted by molar-refractivity contribution is -0.122. The number of thiophene rings is 1. The normalized spacial score (nSPS) is 18.9. The second-order valence-electron chi connectivity index (χ2n) is 4.75. The third kappa shape index (κ3) is 2.51. The molecule has 2 heterocycles. The van der Waals surface area contributed by atoms with Crippen LogP contribution in [-0.2, 0) is 4.79 Å². The van der Waals surface area contributed by atoms with Gasteiger partial charge in [-0.15, -0.1) is 11.3 Å². The summed E-state index contributed by atoms with van der Waals surface area (Å²) in [4.78, 5) is 23.9. The van der Waals surface area contributed by atoms with E-state index < -0.39 is 0 Å². The Morgan fingerprint density at radius 1 is 1.40 bits per heavy atom. The largest absolute Gasteiger partial charge is 0.354 e. The van der Waals surface area contributed by atoms with Gasteiger partial charge in [0.25, 0.3) is 5.91 Å². The fraction of sp³-hybridized carbons (Fsp3) is 0.286. The van der Waals surface area contributed by atoms with E-state index in [0.29, 0.717) is 29.3 Å². The number of hydrogen-bond donors (Lipinski definition) is 2. The minimum atomic E-state index is -0.169. The van der Waals surface area contributed by atoms with Crippen LogP contribution in [0.15, 0.2) is 24.3 Å². The predicted molar refractivity (Wildman–Crippen MR) is 80.3 cm³/mol. The van der Waals surface area contributed by atoms with Crippen molar-refractivity contribution < 1.29 is 9.59 Å². The van der Waals surface area contributed by atoms with Crippen molar-refractivity contribution in [2.75, 3.05) is 6.54 Å². The molecule has 104 valence electrons. The molecule has 1 aliphatic heterocycles. The monoisotopic (exact) mass is 308 g/mol. The van der Waals surface area contributed by atoms with Gasteiger partial charge < -0.3 is 10.6 Å². The lowest BCUT2D eigenvalue weighted by Gasteiger charge is -2.23. The SMILES string of the molecule is O=C1CCC(NC(=O)c2sc3ccccc3c2Cl)CN1. The lowest BCUT2D eigenvalue weighted by atomic mass is 10.1. The molecule has 1 atom stereocenters. The number of hydrogen-bond acceptors (Lipinski definition) is 3. The Hall–Kier alpha value is -1.59. The highest BCUT2D eigenvalue weighted by molar-refractivity contribution is 7.21. The first-order chi connectivity index (χ1) is 9.65. The van der Waals surface area contributed by atoms with Crippen LogP contribution in [0.3, 0.4) is 0 Å². The molecule has 0 saturated carbocycles. The molecule has 0 spiro atoms. The highest BCUT2D eigenvalue weighted by Crippen LogP contribution is 2.35. The van der Waals surface area contributed by atoms with E-state index >= 15 is 0 Å². The molecule has 2 amide bonds. The number of benzene rings is 1. The molecule has 1 aliphatic rings. The number of amides is 2. The summed E-state index contributed by atoms with van der Waals surface area (Å²) in [5, 5.41) is 7.08. The summed E-state index contributed by atoms with van der Waals surface area (Å²) < 4.78 is 1.000. The summed E-state index contributed by atoms with van der Waals surface area (Å²) >= 11 is 7.66. The average Bonchev–Trinajstić information content (AvgIpc) is 2.79. The van der Waals surface area contributed by atoms with Gasteiger partial charge in [-0.1, -0.05) is 29.8 Å². The van der Waals surface area contributed by atoms with Gasteiger partial charge >= 0.3 is 0 Å². The summed E-state index contributed by atoms with van der Waals surface area (Å²) in [7, 11) is 0. The Morgan fingerprint density at radius 3 is 2.90 bits per heavy atom. The molecule has 3 rings (SSSR count). The first-order valence-corrected chi connectivity index (χ1v) is 7.59. The number of carbonyl (C=O) groups excluding carboxylic acids is 2. The molecule has 6 heteroatoms. The minimum absolute atomic E-state index is 0.0264. The van der Waals surface area contributed by atoms with E-state index in [1.807, 2.05) is 24.3 Å². The van der Waals surface area contributed by atoms with E-state index in [1.165, 1.54) is 11.3 Å². The molecule has 2 N–H and O–H groups in total.